The summed E-state index contributed by atoms with van der Waals surface area (Å²) >= 11 is 0. The molecule has 0 spiro atoms. The Hall–Kier alpha value is -1.85. The second-order valence-electron chi connectivity index (χ2n) is 7.64. The lowest BCUT2D eigenvalue weighted by Gasteiger charge is -2.34. The molecule has 2 amide bonds. The molecule has 1 aromatic rings. The van der Waals surface area contributed by atoms with Crippen molar-refractivity contribution in [2.45, 2.75) is 70.8 Å². The van der Waals surface area contributed by atoms with E-state index < -0.39 is 0 Å². The second-order valence-corrected chi connectivity index (χ2v) is 7.64. The fourth-order valence-electron chi connectivity index (χ4n) is 4.08. The summed E-state index contributed by atoms with van der Waals surface area (Å²) in [6.07, 6.45) is 12.0. The molecule has 2 aliphatic rings. The number of carbonyl (C=O) groups excluding carboxylic acids is 2. The Bertz CT molecular complexity index is 613. The van der Waals surface area contributed by atoms with Gasteiger partial charge in [-0.3, -0.25) is 9.59 Å². The van der Waals surface area contributed by atoms with Crippen molar-refractivity contribution in [2.75, 3.05) is 26.2 Å². The fraction of sp³-hybridized carbons (Fsp3) is 0.750. The molecule has 1 atom stereocenters. The third kappa shape index (κ3) is 4.65. The number of likely N-dealkylation sites (tertiary alicyclic amines) is 2. The Kier molecular flexibility index (Phi) is 6.69. The van der Waals surface area contributed by atoms with Crippen LogP contribution >= 0.6 is 0 Å². The second kappa shape index (κ2) is 9.19. The van der Waals surface area contributed by atoms with Crippen molar-refractivity contribution < 1.29 is 9.59 Å². The van der Waals surface area contributed by atoms with Crippen molar-refractivity contribution in [3.05, 3.63) is 18.2 Å². The van der Waals surface area contributed by atoms with Gasteiger partial charge in [-0.2, -0.15) is 0 Å². The molecule has 26 heavy (non-hydrogen) atoms. The van der Waals surface area contributed by atoms with Gasteiger partial charge in [0.05, 0.1) is 6.54 Å². The van der Waals surface area contributed by atoms with Crippen molar-refractivity contribution in [1.29, 1.82) is 0 Å². The van der Waals surface area contributed by atoms with E-state index in [2.05, 4.69) is 22.7 Å². The maximum Gasteiger partial charge on any atom is 0.242 e. The Morgan fingerprint density at radius 2 is 2.12 bits per heavy atom. The van der Waals surface area contributed by atoms with Crippen LogP contribution in [0.1, 0.15) is 70.0 Å². The van der Waals surface area contributed by atoms with E-state index in [4.69, 9.17) is 0 Å². The van der Waals surface area contributed by atoms with E-state index in [0.29, 0.717) is 12.3 Å². The van der Waals surface area contributed by atoms with Crippen LogP contribution in [-0.4, -0.2) is 57.3 Å². The zero-order valence-electron chi connectivity index (χ0n) is 16.0. The smallest absolute Gasteiger partial charge is 0.242 e. The van der Waals surface area contributed by atoms with E-state index in [9.17, 15) is 9.59 Å². The van der Waals surface area contributed by atoms with Gasteiger partial charge in [0.2, 0.25) is 11.8 Å². The summed E-state index contributed by atoms with van der Waals surface area (Å²) in [7, 11) is 0. The summed E-state index contributed by atoms with van der Waals surface area (Å²) in [5, 5.41) is 0. The molecule has 6 nitrogen and oxygen atoms in total. The van der Waals surface area contributed by atoms with Crippen LogP contribution in [0.25, 0.3) is 0 Å². The molecule has 1 aromatic heterocycles. The number of aryl methyl sites for hydroxylation is 1. The summed E-state index contributed by atoms with van der Waals surface area (Å²) in [6, 6.07) is 0. The summed E-state index contributed by atoms with van der Waals surface area (Å²) in [6.45, 7) is 5.69. The highest BCUT2D eigenvalue weighted by Gasteiger charge is 2.29. The molecule has 3 rings (SSSR count). The molecule has 2 fully saturated rings. The number of aromatic nitrogens is 2. The van der Waals surface area contributed by atoms with E-state index in [0.717, 1.165) is 76.9 Å². The van der Waals surface area contributed by atoms with Gasteiger partial charge in [-0.25, -0.2) is 4.98 Å². The summed E-state index contributed by atoms with van der Waals surface area (Å²) in [5.41, 5.74) is 0. The minimum Gasteiger partial charge on any atom is -0.340 e. The van der Waals surface area contributed by atoms with Crippen LogP contribution in [0.2, 0.25) is 0 Å². The number of nitrogens with zero attached hydrogens (tertiary/aromatic N) is 4. The third-order valence-electron chi connectivity index (χ3n) is 5.64. The summed E-state index contributed by atoms with van der Waals surface area (Å²) < 4.78 is 2.25. The van der Waals surface area contributed by atoms with Crippen LogP contribution in [0, 0.1) is 0 Å². The monoisotopic (exact) mass is 360 g/mol. The van der Waals surface area contributed by atoms with Crippen LogP contribution in [0.15, 0.2) is 12.4 Å². The first kappa shape index (κ1) is 18.9. The predicted octanol–water partition coefficient (Wildman–Crippen LogP) is 2.79. The Morgan fingerprint density at radius 3 is 2.96 bits per heavy atom. The van der Waals surface area contributed by atoms with Crippen molar-refractivity contribution in [2.24, 2.45) is 0 Å². The molecule has 2 aliphatic heterocycles. The van der Waals surface area contributed by atoms with Crippen molar-refractivity contribution in [3.8, 4) is 0 Å². The predicted molar refractivity (Wildman–Crippen MR) is 101 cm³/mol. The van der Waals surface area contributed by atoms with Crippen molar-refractivity contribution >= 4 is 11.8 Å². The quantitative estimate of drug-likeness (QED) is 0.784. The minimum atomic E-state index is 0.0941. The number of hydrogen-bond acceptors (Lipinski definition) is 3. The highest BCUT2D eigenvalue weighted by atomic mass is 16.2. The van der Waals surface area contributed by atoms with Gasteiger partial charge in [-0.05, 0) is 32.1 Å². The Morgan fingerprint density at radius 1 is 1.23 bits per heavy atom. The van der Waals surface area contributed by atoms with E-state index in [-0.39, 0.29) is 18.4 Å². The van der Waals surface area contributed by atoms with Gasteiger partial charge in [-0.1, -0.05) is 19.8 Å². The molecule has 0 N–H and O–H groups in total. The lowest BCUT2D eigenvalue weighted by molar-refractivity contribution is -0.140. The molecule has 2 saturated heterocycles. The topological polar surface area (TPSA) is 58.4 Å². The molecular formula is C20H32N4O2. The molecule has 0 bridgehead atoms. The van der Waals surface area contributed by atoms with Crippen LogP contribution < -0.4 is 0 Å². The van der Waals surface area contributed by atoms with E-state index in [1.54, 1.807) is 4.90 Å². The average molecular weight is 361 g/mol. The molecule has 0 aromatic carbocycles. The lowest BCUT2D eigenvalue weighted by Crippen LogP contribution is -2.46. The van der Waals surface area contributed by atoms with E-state index >= 15 is 0 Å². The maximum atomic E-state index is 12.8. The van der Waals surface area contributed by atoms with Gasteiger partial charge >= 0.3 is 0 Å². The fourth-order valence-corrected chi connectivity index (χ4v) is 4.08. The highest BCUT2D eigenvalue weighted by Crippen LogP contribution is 2.26. The molecule has 0 unspecified atom stereocenters. The summed E-state index contributed by atoms with van der Waals surface area (Å²) in [5.74, 6) is 1.65. The van der Waals surface area contributed by atoms with Gasteiger partial charge in [0, 0.05) is 50.9 Å². The normalized spacial score (nSPS) is 21.7. The molecule has 0 saturated carbocycles. The first-order valence-corrected chi connectivity index (χ1v) is 10.3. The summed E-state index contributed by atoms with van der Waals surface area (Å²) in [4.78, 5) is 33.3. The van der Waals surface area contributed by atoms with Crippen LogP contribution in [0.4, 0.5) is 0 Å². The first-order valence-electron chi connectivity index (χ1n) is 10.3. The number of rotatable bonds is 6. The molecule has 3 heterocycles. The first-order chi connectivity index (χ1) is 12.7. The van der Waals surface area contributed by atoms with Crippen LogP contribution in [0.3, 0.4) is 0 Å². The number of amides is 2. The largest absolute Gasteiger partial charge is 0.340 e. The number of piperidine rings is 1. The van der Waals surface area contributed by atoms with Gasteiger partial charge in [0.1, 0.15) is 5.82 Å². The molecule has 0 aliphatic carbocycles. The number of unbranched alkanes of at least 4 members (excludes halogenated alkanes) is 1. The number of imidazole rings is 1. The van der Waals surface area contributed by atoms with Gasteiger partial charge in [0.15, 0.2) is 0 Å². The maximum absolute atomic E-state index is 12.8. The van der Waals surface area contributed by atoms with Gasteiger partial charge in [-0.15, -0.1) is 0 Å². The molecule has 144 valence electrons. The zero-order valence-corrected chi connectivity index (χ0v) is 16.0. The third-order valence-corrected chi connectivity index (χ3v) is 5.64. The highest BCUT2D eigenvalue weighted by molar-refractivity contribution is 5.85. The molecular weight excluding hydrogens is 328 g/mol. The molecule has 6 heteroatoms. The zero-order chi connectivity index (χ0) is 18.4. The molecule has 0 radical (unpaired) electrons. The van der Waals surface area contributed by atoms with Crippen molar-refractivity contribution in [1.82, 2.24) is 19.4 Å². The number of carbonyl (C=O) groups is 2. The Labute approximate surface area is 156 Å². The van der Waals surface area contributed by atoms with Gasteiger partial charge < -0.3 is 14.4 Å². The average Bonchev–Trinajstić information content (AvgIpc) is 3.04. The number of hydrogen-bond donors (Lipinski definition) is 0. The SMILES string of the molecule is CCCCn1ccnc1[C@H]1CCCN(C(=O)CN2CCCCCC2=O)C1. The van der Waals surface area contributed by atoms with E-state index in [1.807, 2.05) is 11.1 Å². The Balaban J connectivity index is 1.60. The lowest BCUT2D eigenvalue weighted by atomic mass is 9.97. The van der Waals surface area contributed by atoms with Crippen LogP contribution in [0.5, 0.6) is 0 Å². The van der Waals surface area contributed by atoms with Crippen molar-refractivity contribution in [3.63, 3.8) is 0 Å². The minimum absolute atomic E-state index is 0.0941. The van der Waals surface area contributed by atoms with E-state index in [1.165, 1.54) is 0 Å². The standard InChI is InChI=1S/C20H32N4O2/c1-2-3-11-22-14-10-21-20(22)17-8-7-13-23(15-17)19(26)16-24-12-6-4-5-9-18(24)25/h10,14,17H,2-9,11-13,15-16H2,1H3/t17-/m0/s1. The van der Waals surface area contributed by atoms with Gasteiger partial charge in [0.25, 0.3) is 0 Å². The van der Waals surface area contributed by atoms with Crippen LogP contribution in [-0.2, 0) is 16.1 Å².